The van der Waals surface area contributed by atoms with Gasteiger partial charge in [0.25, 0.3) is 5.56 Å². The summed E-state index contributed by atoms with van der Waals surface area (Å²) in [5.74, 6) is 0.0136. The zero-order chi connectivity index (χ0) is 20.6. The number of hydrogen-bond acceptors (Lipinski definition) is 3. The highest BCUT2D eigenvalue weighted by molar-refractivity contribution is 6.30. The van der Waals surface area contributed by atoms with Crippen molar-refractivity contribution in [1.29, 1.82) is 0 Å². The Bertz CT molecular complexity index is 1090. The number of nitrogens with one attached hydrogen (secondary N) is 2. The number of rotatable bonds is 9. The van der Waals surface area contributed by atoms with E-state index in [4.69, 9.17) is 11.6 Å². The third kappa shape index (κ3) is 5.81. The molecule has 1 aromatic heterocycles. The van der Waals surface area contributed by atoms with Crippen molar-refractivity contribution in [2.24, 2.45) is 0 Å². The van der Waals surface area contributed by atoms with Gasteiger partial charge in [-0.1, -0.05) is 42.3 Å². The second-order valence-electron chi connectivity index (χ2n) is 6.97. The lowest BCUT2D eigenvalue weighted by Gasteiger charge is -2.07. The van der Waals surface area contributed by atoms with Gasteiger partial charge in [-0.15, -0.1) is 0 Å². The van der Waals surface area contributed by atoms with Gasteiger partial charge >= 0.3 is 5.69 Å². The number of halogens is 1. The molecule has 29 heavy (non-hydrogen) atoms. The van der Waals surface area contributed by atoms with E-state index in [1.165, 1.54) is 4.57 Å². The van der Waals surface area contributed by atoms with Gasteiger partial charge < -0.3 is 10.3 Å². The Labute approximate surface area is 173 Å². The number of para-hydroxylation sites is 1. The molecule has 0 fully saturated rings. The van der Waals surface area contributed by atoms with Crippen molar-refractivity contribution in [1.82, 2.24) is 14.9 Å². The summed E-state index contributed by atoms with van der Waals surface area (Å²) in [7, 11) is 0. The molecule has 0 atom stereocenters. The Balaban J connectivity index is 1.38. The molecule has 0 unspecified atom stereocenters. The number of H-pyrrole nitrogens is 1. The molecule has 0 aliphatic rings. The lowest BCUT2D eigenvalue weighted by Crippen LogP contribution is -2.35. The number of aromatic nitrogens is 2. The van der Waals surface area contributed by atoms with Crippen LogP contribution in [-0.4, -0.2) is 22.0 Å². The molecule has 0 spiro atoms. The smallest absolute Gasteiger partial charge is 0.328 e. The van der Waals surface area contributed by atoms with Gasteiger partial charge in [-0.05, 0) is 49.1 Å². The number of fused-ring (bicyclic) bond motifs is 1. The Hall–Kier alpha value is -2.86. The summed E-state index contributed by atoms with van der Waals surface area (Å²) in [5, 5.41) is 4.12. The van der Waals surface area contributed by atoms with Gasteiger partial charge in [0.1, 0.15) is 0 Å². The largest absolute Gasteiger partial charge is 0.356 e. The fourth-order valence-corrected chi connectivity index (χ4v) is 3.35. The number of unbranched alkanes of at least 4 members (excludes halogenated alkanes) is 2. The van der Waals surface area contributed by atoms with Crippen molar-refractivity contribution in [2.75, 3.05) is 6.54 Å². The number of amides is 1. The molecule has 0 radical (unpaired) electrons. The van der Waals surface area contributed by atoms with E-state index in [0.29, 0.717) is 48.3 Å². The summed E-state index contributed by atoms with van der Waals surface area (Å²) < 4.78 is 1.23. The van der Waals surface area contributed by atoms with Gasteiger partial charge in [-0.25, -0.2) is 4.79 Å². The molecular formula is C22H24ClN3O3. The monoisotopic (exact) mass is 413 g/mol. The van der Waals surface area contributed by atoms with Gasteiger partial charge in [0, 0.05) is 24.5 Å². The highest BCUT2D eigenvalue weighted by Crippen LogP contribution is 2.09. The Morgan fingerprint density at radius 3 is 2.55 bits per heavy atom. The highest BCUT2D eigenvalue weighted by atomic mass is 35.5. The maximum absolute atomic E-state index is 12.4. The van der Waals surface area contributed by atoms with E-state index in [2.05, 4.69) is 10.3 Å². The van der Waals surface area contributed by atoms with E-state index in [0.717, 1.165) is 18.4 Å². The third-order valence-corrected chi connectivity index (χ3v) is 5.08. The van der Waals surface area contributed by atoms with Crippen LogP contribution in [0.25, 0.3) is 10.9 Å². The maximum atomic E-state index is 12.4. The molecule has 0 saturated carbocycles. The van der Waals surface area contributed by atoms with Crippen LogP contribution < -0.4 is 16.6 Å². The minimum Gasteiger partial charge on any atom is -0.356 e. The average Bonchev–Trinajstić information content (AvgIpc) is 2.71. The minimum atomic E-state index is -0.395. The summed E-state index contributed by atoms with van der Waals surface area (Å²) in [4.78, 5) is 39.2. The first-order chi connectivity index (χ1) is 14.0. The molecule has 2 aromatic carbocycles. The van der Waals surface area contributed by atoms with Gasteiger partial charge in [0.05, 0.1) is 10.9 Å². The number of carbonyl (C=O) groups is 1. The van der Waals surface area contributed by atoms with E-state index >= 15 is 0 Å². The van der Waals surface area contributed by atoms with Crippen molar-refractivity contribution in [3.8, 4) is 0 Å². The average molecular weight is 414 g/mol. The van der Waals surface area contributed by atoms with Crippen LogP contribution in [0.2, 0.25) is 5.02 Å². The second-order valence-corrected chi connectivity index (χ2v) is 7.41. The Morgan fingerprint density at radius 1 is 1.00 bits per heavy atom. The molecule has 0 saturated heterocycles. The third-order valence-electron chi connectivity index (χ3n) is 4.82. The van der Waals surface area contributed by atoms with E-state index in [9.17, 15) is 14.4 Å². The van der Waals surface area contributed by atoms with Gasteiger partial charge in [0.2, 0.25) is 5.91 Å². The summed E-state index contributed by atoms with van der Waals surface area (Å²) in [6, 6.07) is 14.6. The zero-order valence-corrected chi connectivity index (χ0v) is 16.9. The summed E-state index contributed by atoms with van der Waals surface area (Å²) in [6.45, 7) is 0.930. The van der Waals surface area contributed by atoms with E-state index < -0.39 is 5.69 Å². The minimum absolute atomic E-state index is 0.0136. The van der Waals surface area contributed by atoms with E-state index in [-0.39, 0.29) is 11.5 Å². The van der Waals surface area contributed by atoms with Crippen molar-refractivity contribution in [3.05, 3.63) is 80.0 Å². The number of hydrogen-bond donors (Lipinski definition) is 2. The maximum Gasteiger partial charge on any atom is 0.328 e. The molecular weight excluding hydrogens is 390 g/mol. The Kier molecular flexibility index (Phi) is 7.25. The van der Waals surface area contributed by atoms with Crippen molar-refractivity contribution in [3.63, 3.8) is 0 Å². The van der Waals surface area contributed by atoms with Crippen LogP contribution in [0.15, 0.2) is 58.1 Å². The van der Waals surface area contributed by atoms with Crippen LogP contribution >= 0.6 is 11.6 Å². The SMILES string of the molecule is O=C(CCCCCn1c(=O)[nH]c2ccccc2c1=O)NCCc1ccc(Cl)cc1. The second kappa shape index (κ2) is 10.1. The molecule has 152 valence electrons. The molecule has 3 aromatic rings. The number of aromatic amines is 1. The molecule has 1 heterocycles. The van der Waals surface area contributed by atoms with Crippen LogP contribution in [0, 0.1) is 0 Å². The van der Waals surface area contributed by atoms with Gasteiger partial charge in [-0.3, -0.25) is 14.2 Å². The summed E-state index contributed by atoms with van der Waals surface area (Å²) in [6.07, 6.45) is 3.34. The van der Waals surface area contributed by atoms with Gasteiger partial charge in [-0.2, -0.15) is 0 Å². The number of carbonyl (C=O) groups excluding carboxylic acids is 1. The zero-order valence-electron chi connectivity index (χ0n) is 16.1. The van der Waals surface area contributed by atoms with Crippen LogP contribution in [0.3, 0.4) is 0 Å². The first kappa shape index (κ1) is 20.9. The molecule has 0 aliphatic heterocycles. The molecule has 2 N–H and O–H groups in total. The lowest BCUT2D eigenvalue weighted by molar-refractivity contribution is -0.121. The van der Waals surface area contributed by atoms with Crippen LogP contribution in [-0.2, 0) is 17.8 Å². The quantitative estimate of drug-likeness (QED) is 0.528. The molecule has 0 bridgehead atoms. The predicted molar refractivity (Wildman–Crippen MR) is 115 cm³/mol. The highest BCUT2D eigenvalue weighted by Gasteiger charge is 2.07. The van der Waals surface area contributed by atoms with Crippen molar-refractivity contribution >= 4 is 28.4 Å². The summed E-state index contributed by atoms with van der Waals surface area (Å²) in [5.41, 5.74) is 1.01. The van der Waals surface area contributed by atoms with E-state index in [1.807, 2.05) is 24.3 Å². The van der Waals surface area contributed by atoms with Crippen LogP contribution in [0.1, 0.15) is 31.2 Å². The molecule has 3 rings (SSSR count). The fraction of sp³-hybridized carbons (Fsp3) is 0.318. The first-order valence-corrected chi connectivity index (χ1v) is 10.2. The van der Waals surface area contributed by atoms with Crippen molar-refractivity contribution in [2.45, 2.75) is 38.6 Å². The number of nitrogens with zero attached hydrogens (tertiary/aromatic N) is 1. The van der Waals surface area contributed by atoms with Crippen LogP contribution in [0.4, 0.5) is 0 Å². The van der Waals surface area contributed by atoms with Crippen LogP contribution in [0.5, 0.6) is 0 Å². The molecule has 0 aliphatic carbocycles. The molecule has 7 heteroatoms. The molecule has 6 nitrogen and oxygen atoms in total. The predicted octanol–water partition coefficient (Wildman–Crippen LogP) is 3.26. The number of benzene rings is 2. The topological polar surface area (TPSA) is 84.0 Å². The van der Waals surface area contributed by atoms with E-state index in [1.54, 1.807) is 24.3 Å². The normalized spacial score (nSPS) is 10.9. The Morgan fingerprint density at radius 2 is 1.76 bits per heavy atom. The van der Waals surface area contributed by atoms with Gasteiger partial charge in [0.15, 0.2) is 0 Å². The first-order valence-electron chi connectivity index (χ1n) is 9.77. The van der Waals surface area contributed by atoms with Crippen molar-refractivity contribution < 1.29 is 4.79 Å². The molecule has 1 amide bonds. The summed E-state index contributed by atoms with van der Waals surface area (Å²) >= 11 is 5.85. The fourth-order valence-electron chi connectivity index (χ4n) is 3.22. The standard InChI is InChI=1S/C22H24ClN3O3/c23-17-11-9-16(10-12-17)13-14-24-20(27)8-2-1-5-15-26-21(28)18-6-3-4-7-19(18)25-22(26)29/h3-4,6-7,9-12H,1-2,5,8,13-15H2,(H,24,27)(H,25,29). The lowest BCUT2D eigenvalue weighted by atomic mass is 10.1.